The van der Waals surface area contributed by atoms with Crippen LogP contribution < -0.4 is 4.72 Å². The van der Waals surface area contributed by atoms with Crippen molar-refractivity contribution in [2.24, 2.45) is 0 Å². The molecule has 0 aromatic carbocycles. The van der Waals surface area contributed by atoms with Crippen LogP contribution in [0.3, 0.4) is 0 Å². The fraction of sp³-hybridized carbons (Fsp3) is 0.400. The number of carbonyl (C=O) groups excluding carboxylic acids is 1. The monoisotopic (exact) mass is 292 g/mol. The van der Waals surface area contributed by atoms with Crippen LogP contribution in [0.2, 0.25) is 5.15 Å². The molecule has 6 nitrogen and oxygen atoms in total. The minimum absolute atomic E-state index is 0.0237. The number of ether oxygens (including phenoxy) is 1. The molecule has 0 aliphatic rings. The lowest BCUT2D eigenvalue weighted by atomic mass is 10.3. The molecule has 0 saturated heterocycles. The molecule has 1 heterocycles. The van der Waals surface area contributed by atoms with Crippen LogP contribution in [0.15, 0.2) is 12.3 Å². The number of hydrogen-bond donors (Lipinski definition) is 1. The van der Waals surface area contributed by atoms with Gasteiger partial charge in [-0.1, -0.05) is 11.6 Å². The number of pyridine rings is 1. The van der Waals surface area contributed by atoms with E-state index in [1.807, 2.05) is 0 Å². The van der Waals surface area contributed by atoms with Crippen LogP contribution in [0, 0.1) is 6.92 Å². The Bertz CT molecular complexity index is 539. The van der Waals surface area contributed by atoms with Crippen LogP contribution >= 0.6 is 11.6 Å². The Kier molecular flexibility index (Phi) is 4.53. The molecule has 8 heteroatoms. The Morgan fingerprint density at radius 2 is 2.17 bits per heavy atom. The van der Waals surface area contributed by atoms with Crippen molar-refractivity contribution in [3.8, 4) is 0 Å². The van der Waals surface area contributed by atoms with Crippen molar-refractivity contribution in [3.63, 3.8) is 0 Å². The first-order valence-corrected chi connectivity index (χ1v) is 6.92. The van der Waals surface area contributed by atoms with E-state index in [1.165, 1.54) is 13.1 Å². The number of aromatic nitrogens is 1. The van der Waals surface area contributed by atoms with Gasteiger partial charge in [-0.2, -0.15) is 0 Å². The molecule has 1 rings (SSSR count). The Morgan fingerprint density at radius 1 is 1.56 bits per heavy atom. The Balaban J connectivity index is 3.07. The van der Waals surface area contributed by atoms with Gasteiger partial charge >= 0.3 is 5.97 Å². The number of halogens is 1. The molecule has 0 amide bonds. The number of anilines is 1. The number of rotatable bonds is 4. The number of methoxy groups -OCH3 is 1. The van der Waals surface area contributed by atoms with E-state index >= 15 is 0 Å². The molecule has 18 heavy (non-hydrogen) atoms. The highest BCUT2D eigenvalue weighted by Crippen LogP contribution is 2.24. The molecule has 1 unspecified atom stereocenters. The average molecular weight is 293 g/mol. The van der Waals surface area contributed by atoms with Crippen LogP contribution in [-0.2, 0) is 19.6 Å². The zero-order valence-corrected chi connectivity index (χ0v) is 11.7. The van der Waals surface area contributed by atoms with E-state index in [1.54, 1.807) is 13.0 Å². The average Bonchev–Trinajstić information content (AvgIpc) is 2.32. The van der Waals surface area contributed by atoms with E-state index in [0.29, 0.717) is 5.56 Å². The SMILES string of the molecule is COC(=O)C(C)S(=O)(=O)Nc1c(C)ccnc1Cl. The van der Waals surface area contributed by atoms with Gasteiger partial charge in [0.2, 0.25) is 10.0 Å². The largest absolute Gasteiger partial charge is 0.468 e. The van der Waals surface area contributed by atoms with Crippen molar-refractivity contribution < 1.29 is 17.9 Å². The predicted octanol–water partition coefficient (Wildman–Crippen LogP) is 1.35. The van der Waals surface area contributed by atoms with E-state index < -0.39 is 21.2 Å². The normalized spacial score (nSPS) is 12.9. The zero-order valence-electron chi connectivity index (χ0n) is 10.1. The van der Waals surface area contributed by atoms with Gasteiger partial charge in [-0.3, -0.25) is 9.52 Å². The molecule has 0 aliphatic heterocycles. The maximum Gasteiger partial charge on any atom is 0.325 e. The highest BCUT2D eigenvalue weighted by atomic mass is 35.5. The van der Waals surface area contributed by atoms with Gasteiger partial charge < -0.3 is 4.74 Å². The van der Waals surface area contributed by atoms with E-state index in [9.17, 15) is 13.2 Å². The van der Waals surface area contributed by atoms with E-state index in [2.05, 4.69) is 14.4 Å². The molecule has 1 aromatic rings. The summed E-state index contributed by atoms with van der Waals surface area (Å²) in [6, 6.07) is 1.60. The predicted molar refractivity (Wildman–Crippen MR) is 68.0 cm³/mol. The van der Waals surface area contributed by atoms with Crippen LogP contribution in [0.25, 0.3) is 0 Å². The number of aryl methyl sites for hydroxylation is 1. The molecule has 1 aromatic heterocycles. The highest BCUT2D eigenvalue weighted by molar-refractivity contribution is 7.94. The number of nitrogens with zero attached hydrogens (tertiary/aromatic N) is 1. The molecular formula is C10H13ClN2O4S. The van der Waals surface area contributed by atoms with Crippen LogP contribution in [-0.4, -0.2) is 31.7 Å². The van der Waals surface area contributed by atoms with Gasteiger partial charge in [-0.15, -0.1) is 0 Å². The molecule has 0 spiro atoms. The second-order valence-electron chi connectivity index (χ2n) is 3.61. The molecule has 0 fully saturated rings. The van der Waals surface area contributed by atoms with E-state index in [-0.39, 0.29) is 10.8 Å². The number of esters is 1. The van der Waals surface area contributed by atoms with Gasteiger partial charge in [0.05, 0.1) is 12.8 Å². The van der Waals surface area contributed by atoms with Gasteiger partial charge in [0, 0.05) is 6.20 Å². The summed E-state index contributed by atoms with van der Waals surface area (Å²) < 4.78 is 30.4. The molecular weight excluding hydrogens is 280 g/mol. The summed E-state index contributed by atoms with van der Waals surface area (Å²) in [6.45, 7) is 2.90. The lowest BCUT2D eigenvalue weighted by molar-refractivity contribution is -0.139. The fourth-order valence-corrected chi connectivity index (χ4v) is 2.55. The van der Waals surface area contributed by atoms with Gasteiger partial charge in [-0.05, 0) is 25.5 Å². The summed E-state index contributed by atoms with van der Waals surface area (Å²) in [5, 5.41) is -1.31. The summed E-state index contributed by atoms with van der Waals surface area (Å²) in [7, 11) is -2.80. The van der Waals surface area contributed by atoms with Crippen molar-refractivity contribution in [1.29, 1.82) is 0 Å². The minimum atomic E-state index is -3.92. The molecule has 100 valence electrons. The second-order valence-corrected chi connectivity index (χ2v) is 5.97. The van der Waals surface area contributed by atoms with Crippen molar-refractivity contribution in [3.05, 3.63) is 23.0 Å². The number of sulfonamides is 1. The third kappa shape index (κ3) is 3.11. The Labute approximate surface area is 110 Å². The number of hydrogen-bond acceptors (Lipinski definition) is 5. The summed E-state index contributed by atoms with van der Waals surface area (Å²) in [5.74, 6) is -0.847. The van der Waals surface area contributed by atoms with Crippen molar-refractivity contribution in [2.45, 2.75) is 19.1 Å². The van der Waals surface area contributed by atoms with Crippen molar-refractivity contribution >= 4 is 33.3 Å². The third-order valence-corrected chi connectivity index (χ3v) is 4.25. The first-order valence-electron chi connectivity index (χ1n) is 5.00. The van der Waals surface area contributed by atoms with Crippen LogP contribution in [0.5, 0.6) is 0 Å². The molecule has 1 atom stereocenters. The standard InChI is InChI=1S/C10H13ClN2O4S/c1-6-4-5-12-9(11)8(6)13-18(15,16)7(2)10(14)17-3/h4-5,7,13H,1-3H3. The Hall–Kier alpha value is -1.34. The molecule has 0 bridgehead atoms. The van der Waals surface area contributed by atoms with Gasteiger partial charge in [0.1, 0.15) is 0 Å². The van der Waals surface area contributed by atoms with Crippen LogP contribution in [0.1, 0.15) is 12.5 Å². The maximum atomic E-state index is 11.9. The summed E-state index contributed by atoms with van der Waals surface area (Å²) in [5.41, 5.74) is 0.769. The van der Waals surface area contributed by atoms with Gasteiger partial charge in [-0.25, -0.2) is 13.4 Å². The first-order chi connectivity index (χ1) is 8.29. The second kappa shape index (κ2) is 5.53. The lowest BCUT2D eigenvalue weighted by Crippen LogP contribution is -2.33. The Morgan fingerprint density at radius 3 is 2.67 bits per heavy atom. The van der Waals surface area contributed by atoms with Crippen molar-refractivity contribution in [2.75, 3.05) is 11.8 Å². The number of nitrogens with one attached hydrogen (secondary N) is 1. The lowest BCUT2D eigenvalue weighted by Gasteiger charge is -2.14. The molecule has 1 N–H and O–H groups in total. The third-order valence-electron chi connectivity index (χ3n) is 2.36. The summed E-state index contributed by atoms with van der Waals surface area (Å²) in [4.78, 5) is 15.0. The topological polar surface area (TPSA) is 85.4 Å². The molecule has 0 radical (unpaired) electrons. The maximum absolute atomic E-state index is 11.9. The fourth-order valence-electron chi connectivity index (χ4n) is 1.17. The molecule has 0 saturated carbocycles. The van der Waals surface area contributed by atoms with Crippen LogP contribution in [0.4, 0.5) is 5.69 Å². The highest BCUT2D eigenvalue weighted by Gasteiger charge is 2.29. The smallest absolute Gasteiger partial charge is 0.325 e. The summed E-state index contributed by atoms with van der Waals surface area (Å²) in [6.07, 6.45) is 1.46. The minimum Gasteiger partial charge on any atom is -0.468 e. The summed E-state index contributed by atoms with van der Waals surface area (Å²) >= 11 is 5.80. The van der Waals surface area contributed by atoms with Gasteiger partial charge in [0.15, 0.2) is 10.4 Å². The zero-order chi connectivity index (χ0) is 13.9. The van der Waals surface area contributed by atoms with Gasteiger partial charge in [0.25, 0.3) is 0 Å². The van der Waals surface area contributed by atoms with Crippen molar-refractivity contribution in [1.82, 2.24) is 4.98 Å². The number of carbonyl (C=O) groups is 1. The quantitative estimate of drug-likeness (QED) is 0.669. The van der Waals surface area contributed by atoms with E-state index in [4.69, 9.17) is 11.6 Å². The molecule has 0 aliphatic carbocycles. The first kappa shape index (κ1) is 14.7. The van der Waals surface area contributed by atoms with E-state index in [0.717, 1.165) is 7.11 Å².